The first-order valence-corrected chi connectivity index (χ1v) is 5.28. The number of halogens is 1. The molecule has 0 spiro atoms. The number of aromatic carboxylic acids is 1. The first kappa shape index (κ1) is 12.9. The first-order chi connectivity index (χ1) is 8.93. The van der Waals surface area contributed by atoms with Gasteiger partial charge in [0, 0.05) is 12.6 Å². The van der Waals surface area contributed by atoms with Gasteiger partial charge in [-0.3, -0.25) is 4.68 Å². The number of ether oxygens (including phenoxy) is 1. The average molecular weight is 266 g/mol. The monoisotopic (exact) mass is 266 g/mol. The summed E-state index contributed by atoms with van der Waals surface area (Å²) < 4.78 is 19.7. The SMILES string of the molecule is COc1cc(-c2cc(C(=O)O)nn2C)cc(F)c1O. The number of aromatic hydroxyl groups is 1. The predicted molar refractivity (Wildman–Crippen MR) is 63.8 cm³/mol. The molecule has 2 rings (SSSR count). The minimum atomic E-state index is -1.17. The Balaban J connectivity index is 2.59. The maximum absolute atomic E-state index is 13.5. The van der Waals surface area contributed by atoms with Gasteiger partial charge in [-0.1, -0.05) is 0 Å². The van der Waals surface area contributed by atoms with Gasteiger partial charge in [0.1, 0.15) is 0 Å². The summed E-state index contributed by atoms with van der Waals surface area (Å²) in [6.45, 7) is 0. The fourth-order valence-electron chi connectivity index (χ4n) is 1.72. The number of carboxylic acids is 1. The zero-order chi connectivity index (χ0) is 14.2. The highest BCUT2D eigenvalue weighted by Gasteiger charge is 2.16. The van der Waals surface area contributed by atoms with Crippen molar-refractivity contribution in [3.05, 3.63) is 29.7 Å². The molecule has 1 aromatic heterocycles. The van der Waals surface area contributed by atoms with Gasteiger partial charge in [-0.2, -0.15) is 5.10 Å². The summed E-state index contributed by atoms with van der Waals surface area (Å²) in [6, 6.07) is 3.80. The van der Waals surface area contributed by atoms with E-state index in [0.717, 1.165) is 6.07 Å². The van der Waals surface area contributed by atoms with E-state index < -0.39 is 17.5 Å². The Bertz CT molecular complexity index is 651. The number of methoxy groups -OCH3 is 1. The molecule has 0 aliphatic carbocycles. The molecule has 1 aromatic carbocycles. The second-order valence-corrected chi connectivity index (χ2v) is 3.85. The molecule has 0 amide bonds. The van der Waals surface area contributed by atoms with Crippen molar-refractivity contribution in [2.75, 3.05) is 7.11 Å². The lowest BCUT2D eigenvalue weighted by Gasteiger charge is -2.08. The smallest absolute Gasteiger partial charge is 0.356 e. The van der Waals surface area contributed by atoms with Crippen LogP contribution in [0.1, 0.15) is 10.5 Å². The predicted octanol–water partition coefficient (Wildman–Crippen LogP) is 1.64. The Morgan fingerprint density at radius 1 is 1.42 bits per heavy atom. The number of hydrogen-bond donors (Lipinski definition) is 2. The summed E-state index contributed by atoms with van der Waals surface area (Å²) in [6.07, 6.45) is 0. The van der Waals surface area contributed by atoms with E-state index in [4.69, 9.17) is 9.84 Å². The lowest BCUT2D eigenvalue weighted by Crippen LogP contribution is -1.99. The van der Waals surface area contributed by atoms with Crippen molar-refractivity contribution in [2.24, 2.45) is 7.05 Å². The van der Waals surface area contributed by atoms with Gasteiger partial charge in [0.2, 0.25) is 0 Å². The van der Waals surface area contributed by atoms with Gasteiger partial charge in [-0.15, -0.1) is 0 Å². The minimum absolute atomic E-state index is 0.0342. The van der Waals surface area contributed by atoms with Gasteiger partial charge in [0.05, 0.1) is 12.8 Å². The van der Waals surface area contributed by atoms with Crippen molar-refractivity contribution in [3.63, 3.8) is 0 Å². The molecule has 7 heteroatoms. The van der Waals surface area contributed by atoms with E-state index in [1.54, 1.807) is 7.05 Å². The molecule has 0 aliphatic heterocycles. The normalized spacial score (nSPS) is 10.5. The molecule has 0 aliphatic rings. The Morgan fingerprint density at radius 3 is 2.63 bits per heavy atom. The van der Waals surface area contributed by atoms with E-state index in [0.29, 0.717) is 11.3 Å². The molecule has 6 nitrogen and oxygen atoms in total. The van der Waals surface area contributed by atoms with Gasteiger partial charge in [0.25, 0.3) is 0 Å². The number of hydrogen-bond acceptors (Lipinski definition) is 4. The molecule has 0 saturated carbocycles. The van der Waals surface area contributed by atoms with Crippen LogP contribution >= 0.6 is 0 Å². The average Bonchev–Trinajstić information content (AvgIpc) is 2.75. The van der Waals surface area contributed by atoms with Crippen LogP contribution in [0.25, 0.3) is 11.3 Å². The summed E-state index contributed by atoms with van der Waals surface area (Å²) in [5.41, 5.74) is 0.606. The van der Waals surface area contributed by atoms with E-state index >= 15 is 0 Å². The van der Waals surface area contributed by atoms with E-state index in [2.05, 4.69) is 5.10 Å². The summed E-state index contributed by atoms with van der Waals surface area (Å²) >= 11 is 0. The number of aromatic nitrogens is 2. The highest BCUT2D eigenvalue weighted by atomic mass is 19.1. The molecule has 0 atom stereocenters. The number of aryl methyl sites for hydroxylation is 1. The van der Waals surface area contributed by atoms with E-state index in [9.17, 15) is 14.3 Å². The number of carboxylic acid groups (broad SMARTS) is 1. The molecule has 0 fully saturated rings. The lowest BCUT2D eigenvalue weighted by molar-refractivity contribution is 0.0689. The van der Waals surface area contributed by atoms with Crippen LogP contribution in [-0.4, -0.2) is 33.1 Å². The number of rotatable bonds is 3. The maximum Gasteiger partial charge on any atom is 0.356 e. The molecule has 0 unspecified atom stereocenters. The van der Waals surface area contributed by atoms with Crippen LogP contribution in [0, 0.1) is 5.82 Å². The molecular weight excluding hydrogens is 255 g/mol. The lowest BCUT2D eigenvalue weighted by atomic mass is 10.1. The van der Waals surface area contributed by atoms with Crippen LogP contribution in [-0.2, 0) is 7.05 Å². The molecule has 0 bridgehead atoms. The standard InChI is InChI=1S/C12H11FN2O4/c1-15-9(5-8(14-15)12(17)18)6-3-7(13)11(16)10(4-6)19-2/h3-5,16H,1-2H3,(H,17,18). The molecule has 0 saturated heterocycles. The Labute approximate surface area is 107 Å². The quantitative estimate of drug-likeness (QED) is 0.882. The largest absolute Gasteiger partial charge is 0.502 e. The minimum Gasteiger partial charge on any atom is -0.502 e. The molecular formula is C12H11FN2O4. The van der Waals surface area contributed by atoms with Crippen molar-refractivity contribution in [3.8, 4) is 22.8 Å². The van der Waals surface area contributed by atoms with Crippen LogP contribution in [0.2, 0.25) is 0 Å². The zero-order valence-corrected chi connectivity index (χ0v) is 10.2. The number of phenolic OH excluding ortho intramolecular Hbond substituents is 1. The summed E-state index contributed by atoms with van der Waals surface area (Å²) in [5, 5.41) is 22.1. The van der Waals surface area contributed by atoms with Gasteiger partial charge in [0.15, 0.2) is 23.0 Å². The van der Waals surface area contributed by atoms with Crippen LogP contribution < -0.4 is 4.74 Å². The zero-order valence-electron chi connectivity index (χ0n) is 10.2. The number of nitrogens with zero attached hydrogens (tertiary/aromatic N) is 2. The van der Waals surface area contributed by atoms with E-state index in [1.165, 1.54) is 23.9 Å². The van der Waals surface area contributed by atoms with Gasteiger partial charge < -0.3 is 14.9 Å². The topological polar surface area (TPSA) is 84.6 Å². The van der Waals surface area contributed by atoms with Crippen molar-refractivity contribution in [1.82, 2.24) is 9.78 Å². The third-order valence-corrected chi connectivity index (χ3v) is 2.64. The molecule has 2 aromatic rings. The maximum atomic E-state index is 13.5. The van der Waals surface area contributed by atoms with Gasteiger partial charge in [-0.25, -0.2) is 9.18 Å². The fourth-order valence-corrected chi connectivity index (χ4v) is 1.72. The van der Waals surface area contributed by atoms with Crippen LogP contribution in [0.5, 0.6) is 11.5 Å². The molecule has 19 heavy (non-hydrogen) atoms. The third kappa shape index (κ3) is 2.22. The van der Waals surface area contributed by atoms with Gasteiger partial charge in [-0.05, 0) is 18.2 Å². The number of carbonyl (C=O) groups is 1. The summed E-state index contributed by atoms with van der Waals surface area (Å²) in [7, 11) is 2.84. The van der Waals surface area contributed by atoms with Crippen molar-refractivity contribution >= 4 is 5.97 Å². The second kappa shape index (κ2) is 4.60. The number of benzene rings is 1. The highest BCUT2D eigenvalue weighted by molar-refractivity contribution is 5.87. The Kier molecular flexibility index (Phi) is 3.12. The summed E-state index contributed by atoms with van der Waals surface area (Å²) in [5.74, 6) is -2.65. The molecule has 2 N–H and O–H groups in total. The first-order valence-electron chi connectivity index (χ1n) is 5.28. The Hall–Kier alpha value is -2.57. The van der Waals surface area contributed by atoms with Crippen molar-refractivity contribution in [2.45, 2.75) is 0 Å². The molecule has 100 valence electrons. The van der Waals surface area contributed by atoms with Crippen LogP contribution in [0.4, 0.5) is 4.39 Å². The van der Waals surface area contributed by atoms with Crippen molar-refractivity contribution < 1.29 is 24.1 Å². The Morgan fingerprint density at radius 2 is 2.11 bits per heavy atom. The van der Waals surface area contributed by atoms with E-state index in [1.807, 2.05) is 0 Å². The third-order valence-electron chi connectivity index (χ3n) is 2.64. The highest BCUT2D eigenvalue weighted by Crippen LogP contribution is 2.34. The van der Waals surface area contributed by atoms with Gasteiger partial charge >= 0.3 is 5.97 Å². The fraction of sp³-hybridized carbons (Fsp3) is 0.167. The summed E-state index contributed by atoms with van der Waals surface area (Å²) in [4.78, 5) is 10.8. The van der Waals surface area contributed by atoms with Crippen LogP contribution in [0.3, 0.4) is 0 Å². The molecule has 0 radical (unpaired) electrons. The molecule has 1 heterocycles. The van der Waals surface area contributed by atoms with E-state index in [-0.39, 0.29) is 11.4 Å². The second-order valence-electron chi connectivity index (χ2n) is 3.85. The van der Waals surface area contributed by atoms with Crippen LogP contribution in [0.15, 0.2) is 18.2 Å². The number of phenols is 1. The van der Waals surface area contributed by atoms with Crippen molar-refractivity contribution in [1.29, 1.82) is 0 Å².